The number of nitrogens with zero attached hydrogens (tertiary/aromatic N) is 4. The third-order valence-corrected chi connectivity index (χ3v) is 7.90. The van der Waals surface area contributed by atoms with Gasteiger partial charge in [-0.05, 0) is 75.5 Å². The summed E-state index contributed by atoms with van der Waals surface area (Å²) in [6, 6.07) is 10.1. The SMILES string of the molecule is Cc1cc(C)n2nc(SCc3ccccc3C(=O)N[C@@H](C)[C@H]3C[C@H]4CC[C@H]3C4)nc2n1. The smallest absolute Gasteiger partial charge is 0.253 e. The fourth-order valence-electron chi connectivity index (χ4n) is 5.52. The second-order valence-electron chi connectivity index (χ2n) is 9.19. The van der Waals surface area contributed by atoms with Crippen LogP contribution in [0.1, 0.15) is 59.9 Å². The van der Waals surface area contributed by atoms with Gasteiger partial charge < -0.3 is 5.32 Å². The summed E-state index contributed by atoms with van der Waals surface area (Å²) in [7, 11) is 0. The summed E-state index contributed by atoms with van der Waals surface area (Å²) in [5, 5.41) is 8.55. The molecule has 0 radical (unpaired) electrons. The van der Waals surface area contributed by atoms with E-state index in [1.54, 1.807) is 4.52 Å². The molecule has 162 valence electrons. The van der Waals surface area contributed by atoms with Gasteiger partial charge in [-0.15, -0.1) is 5.10 Å². The number of hydrogen-bond acceptors (Lipinski definition) is 5. The second-order valence-corrected chi connectivity index (χ2v) is 10.1. The topological polar surface area (TPSA) is 72.2 Å². The van der Waals surface area contributed by atoms with Crippen LogP contribution < -0.4 is 5.32 Å². The molecule has 2 saturated carbocycles. The molecule has 2 aliphatic rings. The molecule has 2 aromatic heterocycles. The maximum atomic E-state index is 13.1. The van der Waals surface area contributed by atoms with E-state index in [-0.39, 0.29) is 11.9 Å². The summed E-state index contributed by atoms with van der Waals surface area (Å²) in [6.07, 6.45) is 5.35. The van der Waals surface area contributed by atoms with Crippen molar-refractivity contribution in [1.82, 2.24) is 24.9 Å². The maximum absolute atomic E-state index is 13.1. The molecule has 6 nitrogen and oxygen atoms in total. The highest BCUT2D eigenvalue weighted by molar-refractivity contribution is 7.98. The van der Waals surface area contributed by atoms with Gasteiger partial charge in [-0.3, -0.25) is 4.79 Å². The van der Waals surface area contributed by atoms with Crippen LogP contribution in [0.15, 0.2) is 35.5 Å². The average Bonchev–Trinajstić information content (AvgIpc) is 3.48. The Morgan fingerprint density at radius 2 is 2.06 bits per heavy atom. The lowest BCUT2D eigenvalue weighted by atomic mass is 9.84. The number of nitrogens with one attached hydrogen (secondary N) is 1. The molecule has 1 amide bonds. The van der Waals surface area contributed by atoms with Gasteiger partial charge in [0.1, 0.15) is 0 Å². The molecule has 0 saturated heterocycles. The molecule has 3 aromatic rings. The number of aromatic nitrogens is 4. The van der Waals surface area contributed by atoms with Gasteiger partial charge >= 0.3 is 0 Å². The molecule has 7 heteroatoms. The van der Waals surface area contributed by atoms with Crippen LogP contribution in [-0.4, -0.2) is 31.5 Å². The minimum atomic E-state index is 0.0302. The van der Waals surface area contributed by atoms with Crippen LogP contribution in [0.4, 0.5) is 0 Å². The number of carbonyl (C=O) groups excluding carboxylic acids is 1. The van der Waals surface area contributed by atoms with Gasteiger partial charge in [-0.25, -0.2) is 9.50 Å². The third-order valence-electron chi connectivity index (χ3n) is 7.01. The lowest BCUT2D eigenvalue weighted by Crippen LogP contribution is -2.40. The summed E-state index contributed by atoms with van der Waals surface area (Å²) in [6.45, 7) is 6.14. The first-order valence-electron chi connectivity index (χ1n) is 11.2. The summed E-state index contributed by atoms with van der Waals surface area (Å²) < 4.78 is 1.77. The van der Waals surface area contributed by atoms with Crippen molar-refractivity contribution in [3.8, 4) is 0 Å². The molecule has 2 fully saturated rings. The van der Waals surface area contributed by atoms with Crippen LogP contribution in [0.25, 0.3) is 5.78 Å². The molecule has 5 rings (SSSR count). The number of amides is 1. The van der Waals surface area contributed by atoms with E-state index in [2.05, 4.69) is 27.3 Å². The molecule has 2 aliphatic carbocycles. The Morgan fingerprint density at radius 3 is 2.84 bits per heavy atom. The van der Waals surface area contributed by atoms with Crippen molar-refractivity contribution in [2.45, 2.75) is 63.4 Å². The largest absolute Gasteiger partial charge is 0.349 e. The Balaban J connectivity index is 1.28. The molecule has 1 aromatic carbocycles. The van der Waals surface area contributed by atoms with Crippen LogP contribution in [0, 0.1) is 31.6 Å². The van der Waals surface area contributed by atoms with Gasteiger partial charge in [0, 0.05) is 28.7 Å². The van der Waals surface area contributed by atoms with E-state index in [0.717, 1.165) is 34.4 Å². The van der Waals surface area contributed by atoms with Gasteiger partial charge in [0.05, 0.1) is 0 Å². The average molecular weight is 436 g/mol. The van der Waals surface area contributed by atoms with E-state index in [9.17, 15) is 4.79 Å². The summed E-state index contributed by atoms with van der Waals surface area (Å²) >= 11 is 1.54. The van der Waals surface area contributed by atoms with Gasteiger partial charge in [-0.2, -0.15) is 4.98 Å². The van der Waals surface area contributed by atoms with Crippen molar-refractivity contribution in [2.24, 2.45) is 17.8 Å². The predicted octanol–water partition coefficient (Wildman–Crippen LogP) is 4.59. The van der Waals surface area contributed by atoms with Gasteiger partial charge in [0.15, 0.2) is 0 Å². The third kappa shape index (κ3) is 4.07. The summed E-state index contributed by atoms with van der Waals surface area (Å²) in [5.41, 5.74) is 3.69. The number of thioether (sulfide) groups is 1. The van der Waals surface area contributed by atoms with E-state index in [1.807, 2.05) is 44.2 Å². The van der Waals surface area contributed by atoms with Crippen LogP contribution in [0.2, 0.25) is 0 Å². The van der Waals surface area contributed by atoms with Crippen LogP contribution in [0.3, 0.4) is 0 Å². The highest BCUT2D eigenvalue weighted by atomic mass is 32.2. The second kappa shape index (κ2) is 8.26. The molecular formula is C24H29N5OS. The molecule has 0 spiro atoms. The van der Waals surface area contributed by atoms with Crippen molar-refractivity contribution < 1.29 is 4.79 Å². The molecular weight excluding hydrogens is 406 g/mol. The molecule has 2 heterocycles. The monoisotopic (exact) mass is 435 g/mol. The number of benzene rings is 1. The first-order valence-corrected chi connectivity index (χ1v) is 12.2. The Labute approximate surface area is 187 Å². The van der Waals surface area contributed by atoms with E-state index < -0.39 is 0 Å². The molecule has 1 N–H and O–H groups in total. The molecule has 0 unspecified atom stereocenters. The van der Waals surface area contributed by atoms with E-state index in [0.29, 0.717) is 22.6 Å². The zero-order valence-electron chi connectivity index (χ0n) is 18.3. The standard InChI is InChI=1S/C24H29N5OS/c1-14-10-15(2)29-23(25-14)27-24(28-29)31-13-19-6-4-5-7-20(19)22(30)26-16(3)21-12-17-8-9-18(21)11-17/h4-7,10,16-18,21H,8-9,11-13H2,1-3H3,(H,26,30)/t16-,17-,18-,21+/m0/s1. The maximum Gasteiger partial charge on any atom is 0.253 e. The van der Waals surface area contributed by atoms with Gasteiger partial charge in [-0.1, -0.05) is 36.4 Å². The number of hydrogen-bond donors (Lipinski definition) is 1. The Kier molecular flexibility index (Phi) is 5.46. The minimum Gasteiger partial charge on any atom is -0.349 e. The van der Waals surface area contributed by atoms with Gasteiger partial charge in [0.2, 0.25) is 5.16 Å². The number of aryl methyl sites for hydroxylation is 2. The molecule has 4 atom stereocenters. The van der Waals surface area contributed by atoms with Crippen LogP contribution in [-0.2, 0) is 5.75 Å². The molecule has 31 heavy (non-hydrogen) atoms. The van der Waals surface area contributed by atoms with Crippen LogP contribution in [0.5, 0.6) is 0 Å². The molecule has 0 aliphatic heterocycles. The predicted molar refractivity (Wildman–Crippen MR) is 122 cm³/mol. The fraction of sp³-hybridized carbons (Fsp3) is 0.500. The first kappa shape index (κ1) is 20.5. The highest BCUT2D eigenvalue weighted by Gasteiger charge is 2.42. The minimum absolute atomic E-state index is 0.0302. The quantitative estimate of drug-likeness (QED) is 0.574. The lowest BCUT2D eigenvalue weighted by molar-refractivity contribution is 0.0914. The Morgan fingerprint density at radius 1 is 1.23 bits per heavy atom. The van der Waals surface area contributed by atoms with Crippen molar-refractivity contribution >= 4 is 23.4 Å². The number of rotatable bonds is 6. The van der Waals surface area contributed by atoms with Gasteiger partial charge in [0.25, 0.3) is 11.7 Å². The number of carbonyl (C=O) groups is 1. The summed E-state index contributed by atoms with van der Waals surface area (Å²) in [5.74, 6) is 3.60. The zero-order chi connectivity index (χ0) is 21.5. The lowest BCUT2D eigenvalue weighted by Gasteiger charge is -2.28. The van der Waals surface area contributed by atoms with Crippen molar-refractivity contribution in [3.63, 3.8) is 0 Å². The molecule has 2 bridgehead atoms. The van der Waals surface area contributed by atoms with Crippen LogP contribution >= 0.6 is 11.8 Å². The number of fused-ring (bicyclic) bond motifs is 3. The summed E-state index contributed by atoms with van der Waals surface area (Å²) in [4.78, 5) is 22.1. The van der Waals surface area contributed by atoms with Crippen molar-refractivity contribution in [2.75, 3.05) is 0 Å². The van der Waals surface area contributed by atoms with E-state index in [4.69, 9.17) is 0 Å². The zero-order valence-corrected chi connectivity index (χ0v) is 19.2. The highest BCUT2D eigenvalue weighted by Crippen LogP contribution is 2.49. The Bertz CT molecular complexity index is 1130. The normalized spacial score (nSPS) is 23.4. The van der Waals surface area contributed by atoms with Crippen molar-refractivity contribution in [3.05, 3.63) is 52.8 Å². The first-order chi connectivity index (χ1) is 15.0. The fourth-order valence-corrected chi connectivity index (χ4v) is 6.34. The van der Waals surface area contributed by atoms with Crippen molar-refractivity contribution in [1.29, 1.82) is 0 Å². The van der Waals surface area contributed by atoms with E-state index >= 15 is 0 Å². The van der Waals surface area contributed by atoms with E-state index in [1.165, 1.54) is 37.4 Å². The Hall–Kier alpha value is -2.41.